The summed E-state index contributed by atoms with van der Waals surface area (Å²) in [5.41, 5.74) is 0.404. The minimum Gasteiger partial charge on any atom is -0.305 e. The quantitative estimate of drug-likeness (QED) is 0.738. The van der Waals surface area contributed by atoms with E-state index in [0.717, 1.165) is 11.2 Å². The van der Waals surface area contributed by atoms with Crippen LogP contribution in [-0.2, 0) is 0 Å². The van der Waals surface area contributed by atoms with E-state index >= 15 is 0 Å². The second-order valence-electron chi connectivity index (χ2n) is 6.17. The summed E-state index contributed by atoms with van der Waals surface area (Å²) in [5, 5.41) is 1.11. The third-order valence-electron chi connectivity index (χ3n) is 3.70. The third kappa shape index (κ3) is 4.72. The average molecular weight is 291 g/mol. The van der Waals surface area contributed by atoms with Gasteiger partial charge < -0.3 is 9.80 Å². The summed E-state index contributed by atoms with van der Waals surface area (Å²) in [6.45, 7) is 13.3. The van der Waals surface area contributed by atoms with E-state index in [1.807, 2.05) is 0 Å². The number of rotatable bonds is 3. The summed E-state index contributed by atoms with van der Waals surface area (Å²) in [6, 6.07) is 0. The number of nitrogens with zero attached hydrogens (tertiary/aromatic N) is 2. The zero-order valence-corrected chi connectivity index (χ0v) is 12.9. The Balaban J connectivity index is 2.45. The predicted octanol–water partition coefficient (Wildman–Crippen LogP) is 2.68. The van der Waals surface area contributed by atoms with Crippen molar-refractivity contribution in [1.82, 2.24) is 9.80 Å². The molecule has 16 heavy (non-hydrogen) atoms. The van der Waals surface area contributed by atoms with Gasteiger partial charge in [0.2, 0.25) is 0 Å². The molecule has 1 aliphatic heterocycles. The van der Waals surface area contributed by atoms with E-state index in [0.29, 0.717) is 5.41 Å². The van der Waals surface area contributed by atoms with Crippen LogP contribution >= 0.6 is 15.9 Å². The lowest BCUT2D eigenvalue weighted by atomic mass is 9.82. The Morgan fingerprint density at radius 3 is 2.38 bits per heavy atom. The van der Waals surface area contributed by atoms with Gasteiger partial charge in [0.1, 0.15) is 0 Å². The summed E-state index contributed by atoms with van der Waals surface area (Å²) in [5.74, 6) is 0.746. The lowest BCUT2D eigenvalue weighted by Crippen LogP contribution is -2.38. The van der Waals surface area contributed by atoms with Crippen LogP contribution in [0.1, 0.15) is 27.2 Å². The zero-order chi connectivity index (χ0) is 12.2. The van der Waals surface area contributed by atoms with Gasteiger partial charge in [-0.15, -0.1) is 0 Å². The molecule has 96 valence electrons. The Labute approximate surface area is 109 Å². The van der Waals surface area contributed by atoms with E-state index < -0.39 is 0 Å². The van der Waals surface area contributed by atoms with E-state index in [1.54, 1.807) is 0 Å². The summed E-state index contributed by atoms with van der Waals surface area (Å²) in [4.78, 5) is 5.08. The van der Waals surface area contributed by atoms with Crippen molar-refractivity contribution in [2.24, 2.45) is 11.3 Å². The van der Waals surface area contributed by atoms with E-state index in [2.05, 4.69) is 53.5 Å². The summed E-state index contributed by atoms with van der Waals surface area (Å²) in [7, 11) is 2.23. The Morgan fingerprint density at radius 1 is 1.12 bits per heavy atom. The molecule has 1 unspecified atom stereocenters. The molecule has 2 nitrogen and oxygen atoms in total. The molecule has 0 radical (unpaired) electrons. The van der Waals surface area contributed by atoms with Gasteiger partial charge in [0.15, 0.2) is 0 Å². The van der Waals surface area contributed by atoms with Gasteiger partial charge in [-0.1, -0.05) is 36.7 Å². The first-order valence-electron chi connectivity index (χ1n) is 6.40. The Bertz CT molecular complexity index is 201. The largest absolute Gasteiger partial charge is 0.305 e. The molecule has 0 N–H and O–H groups in total. The third-order valence-corrected chi connectivity index (χ3v) is 4.48. The Kier molecular flexibility index (Phi) is 5.75. The maximum absolute atomic E-state index is 3.67. The first-order valence-corrected chi connectivity index (χ1v) is 7.52. The fourth-order valence-electron chi connectivity index (χ4n) is 2.15. The van der Waals surface area contributed by atoms with E-state index in [4.69, 9.17) is 0 Å². The minimum atomic E-state index is 0.404. The van der Waals surface area contributed by atoms with Crippen molar-refractivity contribution in [1.29, 1.82) is 0 Å². The van der Waals surface area contributed by atoms with Crippen LogP contribution in [0.15, 0.2) is 0 Å². The summed E-state index contributed by atoms with van der Waals surface area (Å²) >= 11 is 3.67. The van der Waals surface area contributed by atoms with Gasteiger partial charge in [0, 0.05) is 25.0 Å². The molecule has 0 spiro atoms. The smallest absolute Gasteiger partial charge is 0.0109 e. The minimum absolute atomic E-state index is 0.404. The number of hydrogen-bond acceptors (Lipinski definition) is 2. The summed E-state index contributed by atoms with van der Waals surface area (Å²) < 4.78 is 0. The first-order chi connectivity index (χ1) is 7.43. The maximum atomic E-state index is 3.67. The fraction of sp³-hybridized carbons (Fsp3) is 1.00. The number of likely N-dealkylation sites (N-methyl/N-ethyl adjacent to an activating group) is 1. The van der Waals surface area contributed by atoms with Crippen molar-refractivity contribution in [3.05, 3.63) is 0 Å². The number of hydrogen-bond donors (Lipinski definition) is 0. The van der Waals surface area contributed by atoms with Crippen LogP contribution in [0.4, 0.5) is 0 Å². The molecule has 0 amide bonds. The van der Waals surface area contributed by atoms with Crippen molar-refractivity contribution in [3.63, 3.8) is 0 Å². The van der Waals surface area contributed by atoms with Gasteiger partial charge in [0.05, 0.1) is 0 Å². The highest BCUT2D eigenvalue weighted by Gasteiger charge is 2.26. The Morgan fingerprint density at radius 2 is 1.81 bits per heavy atom. The normalized spacial score (nSPS) is 23.1. The molecule has 3 heteroatoms. The maximum Gasteiger partial charge on any atom is 0.0109 e. The van der Waals surface area contributed by atoms with Crippen LogP contribution in [0, 0.1) is 11.3 Å². The topological polar surface area (TPSA) is 6.48 Å². The molecule has 0 bridgehead atoms. The molecule has 1 fully saturated rings. The molecule has 1 aliphatic rings. The van der Waals surface area contributed by atoms with Gasteiger partial charge >= 0.3 is 0 Å². The average Bonchev–Trinajstić information content (AvgIpc) is 2.38. The molecule has 0 aromatic rings. The van der Waals surface area contributed by atoms with Gasteiger partial charge in [-0.25, -0.2) is 0 Å². The summed E-state index contributed by atoms with van der Waals surface area (Å²) in [6.07, 6.45) is 1.32. The molecule has 1 atom stereocenters. The second kappa shape index (κ2) is 6.36. The van der Waals surface area contributed by atoms with Crippen molar-refractivity contribution < 1.29 is 0 Å². The number of halogens is 1. The fourth-order valence-corrected chi connectivity index (χ4v) is 3.32. The highest BCUT2D eigenvalue weighted by atomic mass is 79.9. The molecular weight excluding hydrogens is 264 g/mol. The number of alkyl halides is 1. The highest BCUT2D eigenvalue weighted by Crippen LogP contribution is 2.28. The molecule has 0 aromatic heterocycles. The molecule has 1 heterocycles. The van der Waals surface area contributed by atoms with Gasteiger partial charge in [0.25, 0.3) is 0 Å². The highest BCUT2D eigenvalue weighted by molar-refractivity contribution is 9.09. The Hall–Kier alpha value is 0.400. The van der Waals surface area contributed by atoms with Gasteiger partial charge in [-0.3, -0.25) is 0 Å². The van der Waals surface area contributed by atoms with Crippen molar-refractivity contribution in [2.75, 3.05) is 45.1 Å². The van der Waals surface area contributed by atoms with E-state index in [9.17, 15) is 0 Å². The molecule has 1 saturated heterocycles. The lowest BCUT2D eigenvalue weighted by molar-refractivity contribution is 0.169. The zero-order valence-electron chi connectivity index (χ0n) is 11.3. The van der Waals surface area contributed by atoms with Crippen molar-refractivity contribution in [3.8, 4) is 0 Å². The molecule has 0 aromatic carbocycles. The monoisotopic (exact) mass is 290 g/mol. The first kappa shape index (κ1) is 14.5. The molecule has 0 saturated carbocycles. The van der Waals surface area contributed by atoms with Crippen LogP contribution in [0.25, 0.3) is 0 Å². The van der Waals surface area contributed by atoms with Crippen molar-refractivity contribution in [2.45, 2.75) is 27.2 Å². The van der Waals surface area contributed by atoms with Crippen LogP contribution in [0.2, 0.25) is 0 Å². The van der Waals surface area contributed by atoms with Crippen LogP contribution < -0.4 is 0 Å². The SMILES string of the molecule is CN1CCCN(CC(CBr)C(C)(C)C)CC1. The molecule has 1 rings (SSSR count). The lowest BCUT2D eigenvalue weighted by Gasteiger charge is -2.34. The second-order valence-corrected chi connectivity index (χ2v) is 6.82. The standard InChI is InChI=1S/C13H27BrN2/c1-13(2,3)12(10-14)11-16-7-5-6-15(4)8-9-16/h12H,5-11H2,1-4H3. The van der Waals surface area contributed by atoms with Crippen LogP contribution in [0.3, 0.4) is 0 Å². The van der Waals surface area contributed by atoms with Gasteiger partial charge in [-0.05, 0) is 37.9 Å². The van der Waals surface area contributed by atoms with Crippen molar-refractivity contribution >= 4 is 15.9 Å². The van der Waals surface area contributed by atoms with Crippen LogP contribution in [0.5, 0.6) is 0 Å². The predicted molar refractivity (Wildman–Crippen MR) is 75.3 cm³/mol. The molecule has 0 aliphatic carbocycles. The van der Waals surface area contributed by atoms with Gasteiger partial charge in [-0.2, -0.15) is 0 Å². The van der Waals surface area contributed by atoms with Crippen LogP contribution in [-0.4, -0.2) is 54.9 Å². The molecular formula is C13H27BrN2. The van der Waals surface area contributed by atoms with E-state index in [1.165, 1.54) is 39.1 Å². The van der Waals surface area contributed by atoms with E-state index in [-0.39, 0.29) is 0 Å².